The highest BCUT2D eigenvalue weighted by molar-refractivity contribution is 5.79. The molecule has 1 aliphatic heterocycles. The Kier molecular flexibility index (Phi) is 18.8. The maximum Gasteiger partial charge on any atom is 0.248 e. The Morgan fingerprint density at radius 3 is 1.78 bits per heavy atom. The zero-order valence-corrected chi connectivity index (χ0v) is 32.4. The molecule has 4 rings (SSSR count). The van der Waals surface area contributed by atoms with Crippen LogP contribution in [0.1, 0.15) is 42.4 Å². The first kappa shape index (κ1) is 43.6. The average Bonchev–Trinajstić information content (AvgIpc) is 3.23. The van der Waals surface area contributed by atoms with Crippen LogP contribution in [-0.4, -0.2) is 128 Å². The minimum absolute atomic E-state index is 0.105. The number of hydrogen-bond acceptors (Lipinski definition) is 11. The molecule has 0 saturated carbocycles. The van der Waals surface area contributed by atoms with Crippen molar-refractivity contribution < 1.29 is 47.9 Å². The van der Waals surface area contributed by atoms with Gasteiger partial charge in [0, 0.05) is 38.3 Å². The van der Waals surface area contributed by atoms with Gasteiger partial charge < -0.3 is 54.2 Å². The van der Waals surface area contributed by atoms with E-state index in [-0.39, 0.29) is 38.2 Å². The number of hydrogen-bond donors (Lipinski definition) is 3. The molecule has 55 heavy (non-hydrogen) atoms. The van der Waals surface area contributed by atoms with Gasteiger partial charge in [-0.3, -0.25) is 9.59 Å². The molecule has 13 heteroatoms. The Bertz CT molecular complexity index is 1470. The minimum atomic E-state index is -1.02. The van der Waals surface area contributed by atoms with Gasteiger partial charge in [0.15, 0.2) is 0 Å². The van der Waals surface area contributed by atoms with Gasteiger partial charge in [0.1, 0.15) is 30.3 Å². The van der Waals surface area contributed by atoms with Crippen LogP contribution in [0, 0.1) is 5.41 Å². The van der Waals surface area contributed by atoms with Crippen LogP contribution in [0.2, 0.25) is 0 Å². The van der Waals surface area contributed by atoms with Gasteiger partial charge in [0.05, 0.1) is 53.9 Å². The Hall–Kier alpha value is -4.08. The molecule has 1 fully saturated rings. The largest absolute Gasteiger partial charge is 0.497 e. The van der Waals surface area contributed by atoms with Gasteiger partial charge in [0.2, 0.25) is 11.8 Å². The number of aliphatic hydroxyl groups excluding tert-OH is 1. The standard InChI is InChI=1S/C42H59N3O10/c1-49-37-14-10-35(11-15-37)42(34-8-4-3-5-9-34,36-12-16-38(50-2)17-13-36)55-33-41(32-46)18-22-45(23-19-41)40(48)31-54-30-39(47)44-21-7-25-52-27-29-53-28-26-51-24-6-20-43/h3-5,8-17,46H,6-7,18-33,43H2,1-2H3,(H,44,47). The van der Waals surface area contributed by atoms with E-state index in [1.807, 2.05) is 78.9 Å². The van der Waals surface area contributed by atoms with E-state index in [1.165, 1.54) is 0 Å². The number of nitrogens with zero attached hydrogens (tertiary/aromatic N) is 1. The number of aliphatic hydroxyl groups is 1. The highest BCUT2D eigenvalue weighted by Gasteiger charge is 2.43. The third kappa shape index (κ3) is 13.3. The number of nitrogens with two attached hydrogens (primary N) is 1. The van der Waals surface area contributed by atoms with Crippen molar-refractivity contribution in [3.05, 3.63) is 95.6 Å². The summed E-state index contributed by atoms with van der Waals surface area (Å²) in [5.41, 5.74) is 6.54. The molecule has 302 valence electrons. The van der Waals surface area contributed by atoms with Crippen LogP contribution in [0.15, 0.2) is 78.9 Å². The molecule has 2 amide bonds. The van der Waals surface area contributed by atoms with Crippen molar-refractivity contribution in [1.29, 1.82) is 0 Å². The molecule has 0 radical (unpaired) electrons. The fourth-order valence-corrected chi connectivity index (χ4v) is 6.42. The van der Waals surface area contributed by atoms with E-state index in [0.717, 1.165) is 34.6 Å². The number of rotatable bonds is 26. The van der Waals surface area contributed by atoms with E-state index in [0.29, 0.717) is 85.1 Å². The molecule has 0 aliphatic carbocycles. The van der Waals surface area contributed by atoms with Crippen LogP contribution < -0.4 is 20.5 Å². The number of carbonyl (C=O) groups excluding carboxylic acids is 2. The van der Waals surface area contributed by atoms with Gasteiger partial charge in [-0.15, -0.1) is 0 Å². The van der Waals surface area contributed by atoms with Crippen molar-refractivity contribution in [3.8, 4) is 11.5 Å². The van der Waals surface area contributed by atoms with Gasteiger partial charge >= 0.3 is 0 Å². The third-order valence-electron chi connectivity index (χ3n) is 9.76. The Balaban J connectivity index is 1.24. The first-order chi connectivity index (χ1) is 26.9. The first-order valence-corrected chi connectivity index (χ1v) is 19.0. The minimum Gasteiger partial charge on any atom is -0.497 e. The monoisotopic (exact) mass is 765 g/mol. The number of amides is 2. The quantitative estimate of drug-likeness (QED) is 0.0811. The summed E-state index contributed by atoms with van der Waals surface area (Å²) in [6.45, 7) is 4.73. The van der Waals surface area contributed by atoms with Crippen molar-refractivity contribution in [2.24, 2.45) is 11.1 Å². The van der Waals surface area contributed by atoms with Gasteiger partial charge in [-0.05, 0) is 73.2 Å². The number of likely N-dealkylation sites (tertiary alicyclic amines) is 1. The number of benzene rings is 3. The summed E-state index contributed by atoms with van der Waals surface area (Å²) in [7, 11) is 3.27. The van der Waals surface area contributed by atoms with Gasteiger partial charge in [0.25, 0.3) is 0 Å². The van der Waals surface area contributed by atoms with Crippen molar-refractivity contribution in [3.63, 3.8) is 0 Å². The molecular formula is C42H59N3O10. The summed E-state index contributed by atoms with van der Waals surface area (Å²) in [6.07, 6.45) is 2.54. The average molecular weight is 766 g/mol. The topological polar surface area (TPSA) is 160 Å². The second-order valence-corrected chi connectivity index (χ2v) is 13.5. The van der Waals surface area contributed by atoms with Crippen LogP contribution in [0.5, 0.6) is 11.5 Å². The van der Waals surface area contributed by atoms with Crippen molar-refractivity contribution in [1.82, 2.24) is 10.2 Å². The fraction of sp³-hybridized carbons (Fsp3) is 0.524. The molecule has 0 bridgehead atoms. The SMILES string of the molecule is COc1ccc(C(OCC2(CO)CCN(C(=O)COCC(=O)NCCCOCCOCCOCCCN)CC2)(c2ccccc2)c2ccc(OC)cc2)cc1. The number of piperidine rings is 1. The predicted octanol–water partition coefficient (Wildman–Crippen LogP) is 3.53. The maximum atomic E-state index is 13.1. The van der Waals surface area contributed by atoms with E-state index >= 15 is 0 Å². The second kappa shape index (κ2) is 23.8. The molecule has 3 aromatic rings. The fourth-order valence-electron chi connectivity index (χ4n) is 6.42. The Morgan fingerprint density at radius 2 is 1.25 bits per heavy atom. The highest BCUT2D eigenvalue weighted by atomic mass is 16.5. The number of ether oxygens (including phenoxy) is 7. The van der Waals surface area contributed by atoms with Crippen LogP contribution >= 0.6 is 0 Å². The van der Waals surface area contributed by atoms with E-state index in [2.05, 4.69) is 5.32 Å². The van der Waals surface area contributed by atoms with Crippen molar-refractivity contribution in [2.75, 3.05) is 106 Å². The van der Waals surface area contributed by atoms with Crippen LogP contribution in [0.4, 0.5) is 0 Å². The lowest BCUT2D eigenvalue weighted by molar-refractivity contribution is -0.143. The lowest BCUT2D eigenvalue weighted by Crippen LogP contribution is -2.49. The Morgan fingerprint density at radius 1 is 0.727 bits per heavy atom. The normalized spacial score (nSPS) is 14.1. The molecule has 13 nitrogen and oxygen atoms in total. The molecular weight excluding hydrogens is 706 g/mol. The highest BCUT2D eigenvalue weighted by Crippen LogP contribution is 2.44. The zero-order valence-electron chi connectivity index (χ0n) is 32.4. The molecule has 1 aliphatic rings. The van der Waals surface area contributed by atoms with E-state index < -0.39 is 11.0 Å². The second-order valence-electron chi connectivity index (χ2n) is 13.5. The summed E-state index contributed by atoms with van der Waals surface area (Å²) >= 11 is 0. The van der Waals surface area contributed by atoms with Gasteiger partial charge in [-0.2, -0.15) is 0 Å². The maximum absolute atomic E-state index is 13.1. The summed E-state index contributed by atoms with van der Waals surface area (Å²) in [6, 6.07) is 25.7. The lowest BCUT2D eigenvalue weighted by atomic mass is 9.77. The van der Waals surface area contributed by atoms with Crippen molar-refractivity contribution >= 4 is 11.8 Å². The van der Waals surface area contributed by atoms with Crippen LogP contribution in [0.25, 0.3) is 0 Å². The molecule has 1 heterocycles. The molecule has 0 unspecified atom stereocenters. The molecule has 3 aromatic carbocycles. The lowest BCUT2D eigenvalue weighted by Gasteiger charge is -2.44. The molecule has 0 atom stereocenters. The summed E-state index contributed by atoms with van der Waals surface area (Å²) in [5.74, 6) is 0.958. The van der Waals surface area contributed by atoms with E-state index in [4.69, 9.17) is 38.9 Å². The smallest absolute Gasteiger partial charge is 0.248 e. The third-order valence-corrected chi connectivity index (χ3v) is 9.76. The molecule has 0 aromatic heterocycles. The van der Waals surface area contributed by atoms with E-state index in [9.17, 15) is 14.7 Å². The summed E-state index contributed by atoms with van der Waals surface area (Å²) < 4.78 is 39.8. The summed E-state index contributed by atoms with van der Waals surface area (Å²) in [5, 5.41) is 13.6. The first-order valence-electron chi connectivity index (χ1n) is 19.0. The van der Waals surface area contributed by atoms with E-state index in [1.54, 1.807) is 19.1 Å². The van der Waals surface area contributed by atoms with Crippen LogP contribution in [-0.2, 0) is 38.9 Å². The summed E-state index contributed by atoms with van der Waals surface area (Å²) in [4.78, 5) is 27.0. The number of nitrogens with one attached hydrogen (secondary N) is 1. The van der Waals surface area contributed by atoms with Gasteiger partial charge in [-0.1, -0.05) is 54.6 Å². The van der Waals surface area contributed by atoms with Gasteiger partial charge in [-0.25, -0.2) is 0 Å². The number of carbonyl (C=O) groups is 2. The predicted molar refractivity (Wildman–Crippen MR) is 208 cm³/mol. The Labute approximate surface area is 325 Å². The van der Waals surface area contributed by atoms with Crippen molar-refractivity contribution in [2.45, 2.75) is 31.3 Å². The molecule has 1 saturated heterocycles. The molecule has 0 spiro atoms. The van der Waals surface area contributed by atoms with Crippen LogP contribution in [0.3, 0.4) is 0 Å². The molecule has 4 N–H and O–H groups in total. The zero-order chi connectivity index (χ0) is 39.2. The number of methoxy groups -OCH3 is 2.